The van der Waals surface area contributed by atoms with Crippen molar-refractivity contribution in [2.45, 2.75) is 51.7 Å². The Bertz CT molecular complexity index is 162. The molecular weight excluding hydrogens is 190 g/mol. The molecule has 0 aromatic carbocycles. The Kier molecular flexibility index (Phi) is 6.22. The molecule has 1 aliphatic heterocycles. The Morgan fingerprint density at radius 2 is 2.27 bits per heavy atom. The lowest BCUT2D eigenvalue weighted by Crippen LogP contribution is -2.42. The van der Waals surface area contributed by atoms with Gasteiger partial charge in [-0.25, -0.2) is 0 Å². The summed E-state index contributed by atoms with van der Waals surface area (Å²) >= 11 is 0. The van der Waals surface area contributed by atoms with Gasteiger partial charge in [0.15, 0.2) is 0 Å². The summed E-state index contributed by atoms with van der Waals surface area (Å²) in [4.78, 5) is 2.49. The maximum absolute atomic E-state index is 9.14. The number of hydrogen-bond donors (Lipinski definition) is 1. The second-order valence-electron chi connectivity index (χ2n) is 4.55. The zero-order valence-corrected chi connectivity index (χ0v) is 10.1. The van der Waals surface area contributed by atoms with Crippen LogP contribution in [0.3, 0.4) is 0 Å². The minimum absolute atomic E-state index is 0.141. The number of rotatable bonds is 6. The second-order valence-corrected chi connectivity index (χ2v) is 4.55. The highest BCUT2D eigenvalue weighted by atomic mass is 16.5. The number of morpholine rings is 1. The van der Waals surface area contributed by atoms with Crippen molar-refractivity contribution in [3.63, 3.8) is 0 Å². The third-order valence-corrected chi connectivity index (χ3v) is 3.02. The van der Waals surface area contributed by atoms with Crippen LogP contribution < -0.4 is 0 Å². The minimum Gasteiger partial charge on any atom is -0.393 e. The lowest BCUT2D eigenvalue weighted by atomic mass is 10.1. The van der Waals surface area contributed by atoms with Crippen LogP contribution in [0.5, 0.6) is 0 Å². The fourth-order valence-electron chi connectivity index (χ4n) is 2.01. The topological polar surface area (TPSA) is 32.7 Å². The van der Waals surface area contributed by atoms with Gasteiger partial charge in [-0.15, -0.1) is 0 Å². The molecule has 1 N–H and O–H groups in total. The standard InChI is InChI=1S/C12H25NO2/c1-3-12-10-13(8-9-15-12)7-5-4-6-11(2)14/h11-12,14H,3-10H2,1-2H3. The maximum atomic E-state index is 9.14. The molecule has 1 aliphatic rings. The van der Waals surface area contributed by atoms with Gasteiger partial charge in [-0.3, -0.25) is 4.90 Å². The third kappa shape index (κ3) is 5.50. The summed E-state index contributed by atoms with van der Waals surface area (Å²) in [6.45, 7) is 8.25. The van der Waals surface area contributed by atoms with Gasteiger partial charge in [0.2, 0.25) is 0 Å². The Hall–Kier alpha value is -0.120. The Morgan fingerprint density at radius 3 is 2.93 bits per heavy atom. The maximum Gasteiger partial charge on any atom is 0.0700 e. The predicted molar refractivity (Wildman–Crippen MR) is 62.0 cm³/mol. The van der Waals surface area contributed by atoms with Crippen molar-refractivity contribution in [2.24, 2.45) is 0 Å². The second kappa shape index (κ2) is 7.20. The molecule has 1 saturated heterocycles. The summed E-state index contributed by atoms with van der Waals surface area (Å²) in [6.07, 6.45) is 4.67. The number of nitrogens with zero attached hydrogens (tertiary/aromatic N) is 1. The molecule has 0 aliphatic carbocycles. The number of ether oxygens (including phenoxy) is 1. The van der Waals surface area contributed by atoms with Crippen LogP contribution in [-0.4, -0.2) is 48.5 Å². The van der Waals surface area contributed by atoms with E-state index >= 15 is 0 Å². The average Bonchev–Trinajstić information content (AvgIpc) is 2.24. The van der Waals surface area contributed by atoms with E-state index in [0.717, 1.165) is 45.5 Å². The summed E-state index contributed by atoms with van der Waals surface area (Å²) in [6, 6.07) is 0. The van der Waals surface area contributed by atoms with Crippen LogP contribution in [-0.2, 0) is 4.74 Å². The van der Waals surface area contributed by atoms with Crippen LogP contribution in [0.4, 0.5) is 0 Å². The van der Waals surface area contributed by atoms with Crippen molar-refractivity contribution >= 4 is 0 Å². The average molecular weight is 215 g/mol. The SMILES string of the molecule is CCC1CN(CCCCC(C)O)CCO1. The quantitative estimate of drug-likeness (QED) is 0.684. The lowest BCUT2D eigenvalue weighted by molar-refractivity contribution is -0.0301. The van der Waals surface area contributed by atoms with Crippen molar-refractivity contribution in [2.75, 3.05) is 26.2 Å². The van der Waals surface area contributed by atoms with E-state index in [1.165, 1.54) is 6.42 Å². The molecule has 0 bridgehead atoms. The van der Waals surface area contributed by atoms with Gasteiger partial charge in [-0.1, -0.05) is 6.92 Å². The molecule has 2 atom stereocenters. The van der Waals surface area contributed by atoms with E-state index in [9.17, 15) is 0 Å². The molecule has 90 valence electrons. The molecule has 0 spiro atoms. The van der Waals surface area contributed by atoms with Crippen LogP contribution >= 0.6 is 0 Å². The van der Waals surface area contributed by atoms with E-state index in [1.54, 1.807) is 0 Å². The zero-order chi connectivity index (χ0) is 11.1. The molecule has 0 radical (unpaired) electrons. The monoisotopic (exact) mass is 215 g/mol. The van der Waals surface area contributed by atoms with E-state index in [2.05, 4.69) is 11.8 Å². The molecule has 0 aromatic heterocycles. The van der Waals surface area contributed by atoms with Gasteiger partial charge in [-0.05, 0) is 39.2 Å². The third-order valence-electron chi connectivity index (χ3n) is 3.02. The molecule has 0 saturated carbocycles. The number of hydrogen-bond acceptors (Lipinski definition) is 3. The van der Waals surface area contributed by atoms with Crippen LogP contribution in [0.2, 0.25) is 0 Å². The summed E-state index contributed by atoms with van der Waals surface area (Å²) in [7, 11) is 0. The first-order valence-electron chi connectivity index (χ1n) is 6.24. The van der Waals surface area contributed by atoms with E-state index in [1.807, 2.05) is 6.92 Å². The van der Waals surface area contributed by atoms with Crippen molar-refractivity contribution in [1.82, 2.24) is 4.90 Å². The molecule has 3 nitrogen and oxygen atoms in total. The van der Waals surface area contributed by atoms with Crippen molar-refractivity contribution in [1.29, 1.82) is 0 Å². The highest BCUT2D eigenvalue weighted by Crippen LogP contribution is 2.10. The van der Waals surface area contributed by atoms with Crippen molar-refractivity contribution in [3.8, 4) is 0 Å². The van der Waals surface area contributed by atoms with E-state index < -0.39 is 0 Å². The Balaban J connectivity index is 2.05. The molecule has 1 fully saturated rings. The van der Waals surface area contributed by atoms with Gasteiger partial charge in [0, 0.05) is 13.1 Å². The van der Waals surface area contributed by atoms with E-state index in [-0.39, 0.29) is 6.10 Å². The summed E-state index contributed by atoms with van der Waals surface area (Å²) < 4.78 is 5.62. The van der Waals surface area contributed by atoms with Gasteiger partial charge < -0.3 is 9.84 Å². The van der Waals surface area contributed by atoms with Crippen LogP contribution in [0.15, 0.2) is 0 Å². The van der Waals surface area contributed by atoms with Crippen molar-refractivity contribution in [3.05, 3.63) is 0 Å². The molecule has 1 heterocycles. The zero-order valence-electron chi connectivity index (χ0n) is 10.1. The number of unbranched alkanes of at least 4 members (excludes halogenated alkanes) is 1. The van der Waals surface area contributed by atoms with Crippen molar-refractivity contribution < 1.29 is 9.84 Å². The van der Waals surface area contributed by atoms with Gasteiger partial charge in [-0.2, -0.15) is 0 Å². The predicted octanol–water partition coefficient (Wildman–Crippen LogP) is 1.65. The summed E-state index contributed by atoms with van der Waals surface area (Å²) in [5, 5.41) is 9.14. The fraction of sp³-hybridized carbons (Fsp3) is 1.00. The molecule has 0 aromatic rings. The Labute approximate surface area is 93.4 Å². The molecule has 1 rings (SSSR count). The molecular formula is C12H25NO2. The fourth-order valence-corrected chi connectivity index (χ4v) is 2.01. The normalized spacial score (nSPS) is 25.4. The molecule has 3 heteroatoms. The van der Waals surface area contributed by atoms with Crippen LogP contribution in [0.1, 0.15) is 39.5 Å². The largest absolute Gasteiger partial charge is 0.393 e. The number of aliphatic hydroxyl groups excluding tert-OH is 1. The first kappa shape index (κ1) is 12.9. The highest BCUT2D eigenvalue weighted by Gasteiger charge is 2.17. The lowest BCUT2D eigenvalue weighted by Gasteiger charge is -2.32. The van der Waals surface area contributed by atoms with Gasteiger partial charge in [0.05, 0.1) is 18.8 Å². The van der Waals surface area contributed by atoms with Gasteiger partial charge in [0.25, 0.3) is 0 Å². The smallest absolute Gasteiger partial charge is 0.0700 e. The molecule has 15 heavy (non-hydrogen) atoms. The van der Waals surface area contributed by atoms with Crippen LogP contribution in [0.25, 0.3) is 0 Å². The minimum atomic E-state index is -0.141. The Morgan fingerprint density at radius 1 is 1.47 bits per heavy atom. The summed E-state index contributed by atoms with van der Waals surface area (Å²) in [5.41, 5.74) is 0. The van der Waals surface area contributed by atoms with E-state index in [0.29, 0.717) is 6.10 Å². The molecule has 0 amide bonds. The van der Waals surface area contributed by atoms with Crippen LogP contribution in [0, 0.1) is 0 Å². The summed E-state index contributed by atoms with van der Waals surface area (Å²) in [5.74, 6) is 0. The number of aliphatic hydroxyl groups is 1. The van der Waals surface area contributed by atoms with Gasteiger partial charge in [0.1, 0.15) is 0 Å². The van der Waals surface area contributed by atoms with Gasteiger partial charge >= 0.3 is 0 Å². The first-order valence-corrected chi connectivity index (χ1v) is 6.24. The van der Waals surface area contributed by atoms with E-state index in [4.69, 9.17) is 9.84 Å². The highest BCUT2D eigenvalue weighted by molar-refractivity contribution is 4.70. The molecule has 2 unspecified atom stereocenters. The first-order chi connectivity index (χ1) is 7.22.